The summed E-state index contributed by atoms with van der Waals surface area (Å²) < 4.78 is 21.5. The highest BCUT2D eigenvalue weighted by Gasteiger charge is 2.41. The largest absolute Gasteiger partial charge is 0.493 e. The topological polar surface area (TPSA) is 54.0 Å². The number of methoxy groups -OCH3 is 2. The average molecular weight is 294 g/mol. The fourth-order valence-corrected chi connectivity index (χ4v) is 2.69. The molecule has 0 radical (unpaired) electrons. The molecule has 116 valence electrons. The van der Waals surface area contributed by atoms with Crippen LogP contribution in [0.2, 0.25) is 0 Å². The predicted molar refractivity (Wildman–Crippen MR) is 77.5 cm³/mol. The van der Waals surface area contributed by atoms with Gasteiger partial charge in [0, 0.05) is 0 Å². The number of carbonyl (C=O) groups excluding carboxylic acids is 1. The van der Waals surface area contributed by atoms with Gasteiger partial charge >= 0.3 is 5.97 Å². The van der Waals surface area contributed by atoms with E-state index in [2.05, 4.69) is 0 Å². The van der Waals surface area contributed by atoms with Crippen LogP contribution in [0.3, 0.4) is 0 Å². The standard InChI is InChI=1S/C16H22O5/c1-5-20-16(17)14-10(2)9-21-15(14)11-6-7-12(18-3)13(8-11)19-4/h6-8,10,14-15H,5,9H2,1-4H3/t10?,14-,15+/m1/s1. The van der Waals surface area contributed by atoms with Crippen molar-refractivity contribution in [2.75, 3.05) is 27.4 Å². The molecule has 1 saturated heterocycles. The molecule has 1 fully saturated rings. The third-order valence-corrected chi connectivity index (χ3v) is 3.77. The van der Waals surface area contributed by atoms with Gasteiger partial charge in [-0.25, -0.2) is 0 Å². The Labute approximate surface area is 125 Å². The summed E-state index contributed by atoms with van der Waals surface area (Å²) in [6.45, 7) is 4.73. The second kappa shape index (κ2) is 6.80. The highest BCUT2D eigenvalue weighted by Crippen LogP contribution is 2.41. The van der Waals surface area contributed by atoms with Gasteiger partial charge in [0.25, 0.3) is 0 Å². The molecule has 0 aromatic heterocycles. The lowest BCUT2D eigenvalue weighted by Crippen LogP contribution is -2.25. The molecule has 3 atom stereocenters. The summed E-state index contributed by atoms with van der Waals surface area (Å²) in [5, 5.41) is 0. The molecule has 0 aliphatic carbocycles. The number of esters is 1. The highest BCUT2D eigenvalue weighted by atomic mass is 16.5. The summed E-state index contributed by atoms with van der Waals surface area (Å²) in [5.74, 6) is 0.910. The molecule has 0 saturated carbocycles. The second-order valence-corrected chi connectivity index (χ2v) is 5.12. The normalized spacial score (nSPS) is 24.7. The Morgan fingerprint density at radius 2 is 2.00 bits per heavy atom. The number of hydrogen-bond acceptors (Lipinski definition) is 5. The van der Waals surface area contributed by atoms with E-state index in [9.17, 15) is 4.79 Å². The lowest BCUT2D eigenvalue weighted by molar-refractivity contribution is -0.151. The van der Waals surface area contributed by atoms with Crippen LogP contribution in [0.5, 0.6) is 11.5 Å². The van der Waals surface area contributed by atoms with E-state index in [0.717, 1.165) is 5.56 Å². The molecule has 1 aromatic rings. The molecule has 21 heavy (non-hydrogen) atoms. The van der Waals surface area contributed by atoms with E-state index in [1.807, 2.05) is 32.0 Å². The van der Waals surface area contributed by atoms with E-state index >= 15 is 0 Å². The fraction of sp³-hybridized carbons (Fsp3) is 0.562. The van der Waals surface area contributed by atoms with Crippen LogP contribution in [0.15, 0.2) is 18.2 Å². The molecule has 1 aliphatic rings. The van der Waals surface area contributed by atoms with E-state index in [4.69, 9.17) is 18.9 Å². The van der Waals surface area contributed by atoms with Crippen molar-refractivity contribution in [2.45, 2.75) is 20.0 Å². The average Bonchev–Trinajstić information content (AvgIpc) is 2.88. The third-order valence-electron chi connectivity index (χ3n) is 3.77. The van der Waals surface area contributed by atoms with Crippen molar-refractivity contribution in [3.05, 3.63) is 23.8 Å². The van der Waals surface area contributed by atoms with Crippen LogP contribution in [-0.4, -0.2) is 33.4 Å². The van der Waals surface area contributed by atoms with Crippen LogP contribution in [0.1, 0.15) is 25.5 Å². The van der Waals surface area contributed by atoms with E-state index < -0.39 is 0 Å². The zero-order valence-corrected chi connectivity index (χ0v) is 12.9. The highest BCUT2D eigenvalue weighted by molar-refractivity contribution is 5.74. The number of rotatable bonds is 5. The van der Waals surface area contributed by atoms with Gasteiger partial charge in [-0.2, -0.15) is 0 Å². The number of ether oxygens (including phenoxy) is 4. The van der Waals surface area contributed by atoms with Crippen LogP contribution < -0.4 is 9.47 Å². The Hall–Kier alpha value is -1.75. The van der Waals surface area contributed by atoms with Gasteiger partial charge in [0.1, 0.15) is 0 Å². The molecule has 2 rings (SSSR count). The maximum atomic E-state index is 12.2. The Kier molecular flexibility index (Phi) is 5.07. The zero-order valence-electron chi connectivity index (χ0n) is 12.9. The van der Waals surface area contributed by atoms with E-state index in [0.29, 0.717) is 24.7 Å². The van der Waals surface area contributed by atoms with Gasteiger partial charge in [-0.15, -0.1) is 0 Å². The first kappa shape index (κ1) is 15.6. The maximum absolute atomic E-state index is 12.2. The minimum Gasteiger partial charge on any atom is -0.493 e. The van der Waals surface area contributed by atoms with Crippen LogP contribution >= 0.6 is 0 Å². The smallest absolute Gasteiger partial charge is 0.312 e. The third kappa shape index (κ3) is 3.13. The Morgan fingerprint density at radius 1 is 1.29 bits per heavy atom. The quantitative estimate of drug-likeness (QED) is 0.781. The first-order chi connectivity index (χ1) is 10.1. The lowest BCUT2D eigenvalue weighted by Gasteiger charge is -2.20. The monoisotopic (exact) mass is 294 g/mol. The van der Waals surface area contributed by atoms with E-state index in [1.165, 1.54) is 0 Å². The van der Waals surface area contributed by atoms with Gasteiger partial charge in [-0.05, 0) is 30.5 Å². The van der Waals surface area contributed by atoms with Crippen molar-refractivity contribution in [3.8, 4) is 11.5 Å². The summed E-state index contributed by atoms with van der Waals surface area (Å²) in [6, 6.07) is 5.58. The molecule has 0 spiro atoms. The van der Waals surface area contributed by atoms with Gasteiger partial charge in [-0.1, -0.05) is 13.0 Å². The molecule has 5 heteroatoms. The Bertz CT molecular complexity index is 499. The molecule has 0 bridgehead atoms. The summed E-state index contributed by atoms with van der Waals surface area (Å²) in [7, 11) is 3.18. The summed E-state index contributed by atoms with van der Waals surface area (Å²) in [6.07, 6.45) is -0.307. The Balaban J connectivity index is 2.29. The fourth-order valence-electron chi connectivity index (χ4n) is 2.69. The van der Waals surface area contributed by atoms with Crippen molar-refractivity contribution in [1.82, 2.24) is 0 Å². The lowest BCUT2D eigenvalue weighted by atomic mass is 9.88. The van der Waals surface area contributed by atoms with Gasteiger partial charge < -0.3 is 18.9 Å². The molecule has 0 N–H and O–H groups in total. The van der Waals surface area contributed by atoms with Gasteiger partial charge in [0.15, 0.2) is 11.5 Å². The molecule has 1 aliphatic heterocycles. The minimum atomic E-state index is -0.307. The molecular formula is C16H22O5. The van der Waals surface area contributed by atoms with E-state index in [1.54, 1.807) is 14.2 Å². The second-order valence-electron chi connectivity index (χ2n) is 5.12. The predicted octanol–water partition coefficient (Wildman–Crippen LogP) is 2.59. The van der Waals surface area contributed by atoms with Crippen molar-refractivity contribution in [3.63, 3.8) is 0 Å². The van der Waals surface area contributed by atoms with Gasteiger partial charge in [-0.3, -0.25) is 4.79 Å². The van der Waals surface area contributed by atoms with Crippen molar-refractivity contribution in [1.29, 1.82) is 0 Å². The van der Waals surface area contributed by atoms with Gasteiger partial charge in [0.05, 0.1) is 39.5 Å². The molecule has 0 amide bonds. The number of hydrogen-bond donors (Lipinski definition) is 0. The first-order valence-corrected chi connectivity index (χ1v) is 7.12. The maximum Gasteiger partial charge on any atom is 0.312 e. The Morgan fingerprint density at radius 3 is 2.62 bits per heavy atom. The minimum absolute atomic E-state index is 0.127. The van der Waals surface area contributed by atoms with Crippen LogP contribution in [0, 0.1) is 11.8 Å². The molecular weight excluding hydrogens is 272 g/mol. The summed E-state index contributed by atoms with van der Waals surface area (Å²) in [5.41, 5.74) is 0.898. The van der Waals surface area contributed by atoms with Crippen LogP contribution in [0.4, 0.5) is 0 Å². The molecule has 1 aromatic carbocycles. The van der Waals surface area contributed by atoms with E-state index in [-0.39, 0.29) is 23.9 Å². The summed E-state index contributed by atoms with van der Waals surface area (Å²) >= 11 is 0. The molecule has 5 nitrogen and oxygen atoms in total. The van der Waals surface area contributed by atoms with Crippen molar-refractivity contribution in [2.24, 2.45) is 11.8 Å². The van der Waals surface area contributed by atoms with Crippen LogP contribution in [-0.2, 0) is 14.3 Å². The van der Waals surface area contributed by atoms with Gasteiger partial charge in [0.2, 0.25) is 0 Å². The van der Waals surface area contributed by atoms with Crippen LogP contribution in [0.25, 0.3) is 0 Å². The van der Waals surface area contributed by atoms with Crippen molar-refractivity contribution < 1.29 is 23.7 Å². The SMILES string of the molecule is CCOC(=O)[C@@H]1C(C)CO[C@H]1c1ccc(OC)c(OC)c1. The first-order valence-electron chi connectivity index (χ1n) is 7.12. The number of carbonyl (C=O) groups is 1. The summed E-state index contributed by atoms with van der Waals surface area (Å²) in [4.78, 5) is 12.2. The number of benzene rings is 1. The zero-order chi connectivity index (χ0) is 15.4. The molecule has 1 heterocycles. The molecule has 1 unspecified atom stereocenters. The van der Waals surface area contributed by atoms with Crippen molar-refractivity contribution >= 4 is 5.97 Å².